The number of amides is 1. The molecule has 0 spiro atoms. The van der Waals surface area contributed by atoms with Crippen molar-refractivity contribution in [2.75, 3.05) is 63.9 Å². The van der Waals surface area contributed by atoms with Gasteiger partial charge in [-0.15, -0.1) is 0 Å². The van der Waals surface area contributed by atoms with Crippen molar-refractivity contribution in [2.45, 2.75) is 12.8 Å². The number of carbonyl (C=O) groups is 1. The van der Waals surface area contributed by atoms with E-state index in [1.54, 1.807) is 13.4 Å². The molecule has 0 aliphatic heterocycles. The quantitative estimate of drug-likeness (QED) is 0.165. The van der Waals surface area contributed by atoms with E-state index in [4.69, 9.17) is 9.47 Å². The first-order valence-electron chi connectivity index (χ1n) is 12.9. The number of rotatable bonds is 13. The second-order valence-electron chi connectivity index (χ2n) is 9.00. The van der Waals surface area contributed by atoms with Crippen LogP contribution in [-0.2, 0) is 11.2 Å². The summed E-state index contributed by atoms with van der Waals surface area (Å²) in [6, 6.07) is 21.6. The highest BCUT2D eigenvalue weighted by Gasteiger charge is 2.11. The first kappa shape index (κ1) is 29.2. The summed E-state index contributed by atoms with van der Waals surface area (Å²) < 4.78 is 11.5. The van der Waals surface area contributed by atoms with Gasteiger partial charge in [-0.1, -0.05) is 30.3 Å². The molecule has 0 radical (unpaired) electrons. The Bertz CT molecular complexity index is 1280. The maximum absolute atomic E-state index is 9.86. The number of anilines is 3. The van der Waals surface area contributed by atoms with Crippen LogP contribution in [0.5, 0.6) is 11.5 Å². The number of benzene rings is 3. The molecule has 4 aromatic rings. The lowest BCUT2D eigenvalue weighted by Gasteiger charge is -2.15. The smallest absolute Gasteiger partial charge is 0.211 e. The Kier molecular flexibility index (Phi) is 11.8. The number of nitrogens with zero attached hydrogens (tertiary/aromatic N) is 3. The molecule has 39 heavy (non-hydrogen) atoms. The van der Waals surface area contributed by atoms with Gasteiger partial charge in [-0.25, -0.2) is 9.97 Å². The van der Waals surface area contributed by atoms with Crippen LogP contribution in [0.4, 0.5) is 17.2 Å². The van der Waals surface area contributed by atoms with Gasteiger partial charge in [0.2, 0.25) is 6.41 Å². The minimum Gasteiger partial charge on any atom is -0.493 e. The van der Waals surface area contributed by atoms with E-state index >= 15 is 0 Å². The lowest BCUT2D eigenvalue weighted by molar-refractivity contribution is -0.105. The Hall–Kier alpha value is -4.37. The van der Waals surface area contributed by atoms with E-state index in [0.717, 1.165) is 54.0 Å². The molecule has 9 heteroatoms. The van der Waals surface area contributed by atoms with Gasteiger partial charge < -0.3 is 30.3 Å². The molecule has 1 amide bonds. The first-order chi connectivity index (χ1) is 19.0. The fourth-order valence-corrected chi connectivity index (χ4v) is 3.81. The van der Waals surface area contributed by atoms with Crippen molar-refractivity contribution in [1.29, 1.82) is 0 Å². The lowest BCUT2D eigenvalue weighted by Crippen LogP contribution is -2.15. The molecular weight excluding hydrogens is 492 g/mol. The highest BCUT2D eigenvalue weighted by Crippen LogP contribution is 2.34. The van der Waals surface area contributed by atoms with Gasteiger partial charge in [0.25, 0.3) is 0 Å². The summed E-state index contributed by atoms with van der Waals surface area (Å²) in [6.07, 6.45) is 4.09. The van der Waals surface area contributed by atoms with Crippen LogP contribution < -0.4 is 25.4 Å². The molecule has 3 aromatic carbocycles. The van der Waals surface area contributed by atoms with Crippen LogP contribution in [0.2, 0.25) is 0 Å². The number of para-hydroxylation sites is 1. The zero-order chi connectivity index (χ0) is 27.9. The normalized spacial score (nSPS) is 10.4. The van der Waals surface area contributed by atoms with Crippen LogP contribution in [0.1, 0.15) is 12.0 Å². The number of hydrogen-bond acceptors (Lipinski definition) is 8. The van der Waals surface area contributed by atoms with E-state index in [0.29, 0.717) is 24.5 Å². The zero-order valence-electron chi connectivity index (χ0n) is 23.1. The number of carbonyl (C=O) groups excluding carboxylic acids is 1. The van der Waals surface area contributed by atoms with Crippen LogP contribution >= 0.6 is 0 Å². The minimum absolute atomic E-state index is 0.628. The van der Waals surface area contributed by atoms with E-state index in [1.165, 1.54) is 5.56 Å². The molecule has 9 nitrogen and oxygen atoms in total. The maximum atomic E-state index is 9.86. The second-order valence-corrected chi connectivity index (χ2v) is 9.00. The summed E-state index contributed by atoms with van der Waals surface area (Å²) in [5.74, 6) is 2.19. The molecule has 1 aromatic heterocycles. The van der Waals surface area contributed by atoms with Gasteiger partial charge in [0, 0.05) is 43.0 Å². The van der Waals surface area contributed by atoms with Gasteiger partial charge in [-0.3, -0.25) is 4.79 Å². The van der Waals surface area contributed by atoms with E-state index in [-0.39, 0.29) is 0 Å². The molecule has 0 saturated carbocycles. The molecule has 4 rings (SSSR count). The SMILES string of the molecule is CNc1ccc(CCNc2ncnc3cc(OCCCN(C)C)c(OC)cc23)cc1.O=CNc1ccccc1. The van der Waals surface area contributed by atoms with E-state index in [1.807, 2.05) is 49.5 Å². The standard InChI is InChI=1S/C23H31N5O2.C7H7NO/c1-24-18-8-6-17(7-9-18)10-11-25-23-19-14-21(29-4)22(15-20(19)26-16-27-23)30-13-5-12-28(2)3;9-6-8-7-4-2-1-3-5-7/h6-9,14-16,24H,5,10-13H2,1-4H3,(H,25,26,27);1-6H,(H,8,9). The molecule has 206 valence electrons. The maximum Gasteiger partial charge on any atom is 0.211 e. The van der Waals surface area contributed by atoms with Crippen LogP contribution in [-0.4, -0.2) is 69.2 Å². The molecule has 0 aliphatic rings. The Labute approximate surface area is 230 Å². The molecule has 0 atom stereocenters. The van der Waals surface area contributed by atoms with E-state index in [9.17, 15) is 4.79 Å². The average molecular weight is 531 g/mol. The van der Waals surface area contributed by atoms with Crippen LogP contribution in [0.15, 0.2) is 73.1 Å². The number of aromatic nitrogens is 2. The van der Waals surface area contributed by atoms with Crippen LogP contribution in [0.25, 0.3) is 10.9 Å². The molecule has 0 aliphatic carbocycles. The van der Waals surface area contributed by atoms with E-state index < -0.39 is 0 Å². The van der Waals surface area contributed by atoms with Gasteiger partial charge in [0.15, 0.2) is 11.5 Å². The molecule has 1 heterocycles. The van der Waals surface area contributed by atoms with Gasteiger partial charge in [0.1, 0.15) is 12.1 Å². The molecule has 3 N–H and O–H groups in total. The Morgan fingerprint density at radius 3 is 2.38 bits per heavy atom. The number of hydrogen-bond donors (Lipinski definition) is 3. The summed E-state index contributed by atoms with van der Waals surface area (Å²) >= 11 is 0. The van der Waals surface area contributed by atoms with Crippen LogP contribution in [0.3, 0.4) is 0 Å². The second kappa shape index (κ2) is 15.8. The van der Waals surface area contributed by atoms with Crippen molar-refractivity contribution < 1.29 is 14.3 Å². The van der Waals surface area contributed by atoms with Crippen molar-refractivity contribution in [3.05, 3.63) is 78.6 Å². The third-order valence-corrected chi connectivity index (χ3v) is 5.88. The van der Waals surface area contributed by atoms with E-state index in [2.05, 4.69) is 69.2 Å². The fraction of sp³-hybridized carbons (Fsp3) is 0.300. The van der Waals surface area contributed by atoms with Gasteiger partial charge >= 0.3 is 0 Å². The average Bonchev–Trinajstić information content (AvgIpc) is 2.96. The van der Waals surface area contributed by atoms with Crippen molar-refractivity contribution in [3.8, 4) is 11.5 Å². The molecule has 0 bridgehead atoms. The summed E-state index contributed by atoms with van der Waals surface area (Å²) in [5, 5.41) is 10.0. The Balaban J connectivity index is 0.000000395. The third kappa shape index (κ3) is 9.46. The number of methoxy groups -OCH3 is 1. The number of ether oxygens (including phenoxy) is 2. The van der Waals surface area contributed by atoms with Crippen molar-refractivity contribution in [2.24, 2.45) is 0 Å². The van der Waals surface area contributed by atoms with Gasteiger partial charge in [-0.2, -0.15) is 0 Å². The Morgan fingerprint density at radius 1 is 0.949 bits per heavy atom. The lowest BCUT2D eigenvalue weighted by atomic mass is 10.1. The highest BCUT2D eigenvalue weighted by molar-refractivity contribution is 5.91. The minimum atomic E-state index is 0.628. The largest absolute Gasteiger partial charge is 0.493 e. The number of fused-ring (bicyclic) bond motifs is 1. The first-order valence-corrected chi connectivity index (χ1v) is 12.9. The molecule has 0 unspecified atom stereocenters. The van der Waals surface area contributed by atoms with Crippen molar-refractivity contribution in [1.82, 2.24) is 14.9 Å². The predicted molar refractivity (Wildman–Crippen MR) is 159 cm³/mol. The number of nitrogens with one attached hydrogen (secondary N) is 3. The summed E-state index contributed by atoms with van der Waals surface area (Å²) in [6.45, 7) is 2.38. The molecular formula is C30H38N6O3. The Morgan fingerprint density at radius 2 is 1.72 bits per heavy atom. The van der Waals surface area contributed by atoms with Crippen molar-refractivity contribution >= 4 is 34.5 Å². The third-order valence-electron chi connectivity index (χ3n) is 5.88. The molecule has 0 fully saturated rings. The van der Waals surface area contributed by atoms with Gasteiger partial charge in [0.05, 0.1) is 19.2 Å². The molecule has 0 saturated heterocycles. The van der Waals surface area contributed by atoms with Crippen molar-refractivity contribution in [3.63, 3.8) is 0 Å². The monoisotopic (exact) mass is 530 g/mol. The highest BCUT2D eigenvalue weighted by atomic mass is 16.5. The summed E-state index contributed by atoms with van der Waals surface area (Å²) in [7, 11) is 7.68. The van der Waals surface area contributed by atoms with Gasteiger partial charge in [-0.05, 0) is 62.8 Å². The summed E-state index contributed by atoms with van der Waals surface area (Å²) in [5.41, 5.74) is 4.04. The summed E-state index contributed by atoms with van der Waals surface area (Å²) in [4.78, 5) is 20.9. The zero-order valence-corrected chi connectivity index (χ0v) is 23.1. The topological polar surface area (TPSA) is 101 Å². The predicted octanol–water partition coefficient (Wildman–Crippen LogP) is 4.92. The fourth-order valence-electron chi connectivity index (χ4n) is 3.81. The van der Waals surface area contributed by atoms with Crippen LogP contribution in [0, 0.1) is 0 Å².